The van der Waals surface area contributed by atoms with Gasteiger partial charge in [-0.25, -0.2) is 9.18 Å². The van der Waals surface area contributed by atoms with Gasteiger partial charge in [0.05, 0.1) is 0 Å². The predicted octanol–water partition coefficient (Wildman–Crippen LogP) is 3.87. The first-order valence-corrected chi connectivity index (χ1v) is 7.52. The minimum atomic E-state index is -0.536. The molecule has 0 heterocycles. The summed E-state index contributed by atoms with van der Waals surface area (Å²) in [6.45, 7) is 9.90. The minimum Gasteiger partial charge on any atom is -0.444 e. The number of carbonyl (C=O) groups excluding carboxylic acids is 1. The highest BCUT2D eigenvalue weighted by Crippen LogP contribution is 2.15. The van der Waals surface area contributed by atoms with Gasteiger partial charge < -0.3 is 15.4 Å². The highest BCUT2D eigenvalue weighted by molar-refractivity contribution is 6.30. The molecule has 0 aromatic heterocycles. The third-order valence-electron chi connectivity index (χ3n) is 2.84. The van der Waals surface area contributed by atoms with E-state index in [1.807, 2.05) is 13.8 Å². The molecule has 2 N–H and O–H groups in total. The Labute approximate surface area is 136 Å². The summed E-state index contributed by atoms with van der Waals surface area (Å²) in [5.74, 6) is -0.312. The average Bonchev–Trinajstić information content (AvgIpc) is 2.36. The molecule has 0 spiro atoms. The number of nitrogens with one attached hydrogen (secondary N) is 2. The first-order valence-electron chi connectivity index (χ1n) is 7.14. The van der Waals surface area contributed by atoms with Crippen molar-refractivity contribution in [1.29, 1.82) is 0 Å². The lowest BCUT2D eigenvalue weighted by Crippen LogP contribution is -2.49. The van der Waals surface area contributed by atoms with Crippen LogP contribution < -0.4 is 10.6 Å². The Morgan fingerprint density at radius 1 is 1.27 bits per heavy atom. The van der Waals surface area contributed by atoms with Crippen molar-refractivity contribution in [2.45, 2.75) is 52.3 Å². The SMILES string of the molecule is CC(C)(CNC(=O)OC(C)(C)C)NCc1cc(Cl)ccc1F. The first kappa shape index (κ1) is 18.7. The van der Waals surface area contributed by atoms with Crippen LogP contribution in [0.4, 0.5) is 9.18 Å². The highest BCUT2D eigenvalue weighted by atomic mass is 35.5. The molecule has 4 nitrogen and oxygen atoms in total. The Morgan fingerprint density at radius 2 is 1.91 bits per heavy atom. The fourth-order valence-electron chi connectivity index (χ4n) is 1.68. The van der Waals surface area contributed by atoms with Gasteiger partial charge in [-0.2, -0.15) is 0 Å². The van der Waals surface area contributed by atoms with E-state index in [0.717, 1.165) is 0 Å². The monoisotopic (exact) mass is 330 g/mol. The number of carbonyl (C=O) groups is 1. The van der Waals surface area contributed by atoms with Gasteiger partial charge in [-0.3, -0.25) is 0 Å². The summed E-state index contributed by atoms with van der Waals surface area (Å²) in [5, 5.41) is 6.38. The van der Waals surface area contributed by atoms with Crippen molar-refractivity contribution < 1.29 is 13.9 Å². The molecule has 0 saturated carbocycles. The lowest BCUT2D eigenvalue weighted by molar-refractivity contribution is 0.0513. The van der Waals surface area contributed by atoms with Gasteiger partial charge >= 0.3 is 6.09 Å². The molecule has 1 amide bonds. The van der Waals surface area contributed by atoms with Gasteiger partial charge in [0.2, 0.25) is 0 Å². The number of amides is 1. The molecule has 0 fully saturated rings. The van der Waals surface area contributed by atoms with Crippen LogP contribution in [0.25, 0.3) is 0 Å². The van der Waals surface area contributed by atoms with E-state index in [1.54, 1.807) is 26.8 Å². The van der Waals surface area contributed by atoms with Gasteiger partial charge in [0.25, 0.3) is 0 Å². The summed E-state index contributed by atoms with van der Waals surface area (Å²) in [7, 11) is 0. The Balaban J connectivity index is 2.50. The van der Waals surface area contributed by atoms with E-state index in [9.17, 15) is 9.18 Å². The Hall–Kier alpha value is -1.33. The van der Waals surface area contributed by atoms with E-state index in [-0.39, 0.29) is 5.82 Å². The van der Waals surface area contributed by atoms with Crippen molar-refractivity contribution in [2.75, 3.05) is 6.54 Å². The second-order valence-corrected chi connectivity index (χ2v) is 7.27. The van der Waals surface area contributed by atoms with Crippen molar-refractivity contribution in [3.63, 3.8) is 0 Å². The third-order valence-corrected chi connectivity index (χ3v) is 3.07. The lowest BCUT2D eigenvalue weighted by atomic mass is 10.0. The zero-order valence-corrected chi connectivity index (χ0v) is 14.5. The summed E-state index contributed by atoms with van der Waals surface area (Å²) < 4.78 is 18.8. The van der Waals surface area contributed by atoms with Crippen molar-refractivity contribution in [3.05, 3.63) is 34.6 Å². The van der Waals surface area contributed by atoms with Crippen molar-refractivity contribution in [3.8, 4) is 0 Å². The van der Waals surface area contributed by atoms with Crippen LogP contribution in [-0.4, -0.2) is 23.8 Å². The number of rotatable bonds is 5. The average molecular weight is 331 g/mol. The predicted molar refractivity (Wildman–Crippen MR) is 86.6 cm³/mol. The van der Waals surface area contributed by atoms with Gasteiger partial charge in [-0.1, -0.05) is 11.6 Å². The van der Waals surface area contributed by atoms with Crippen molar-refractivity contribution in [1.82, 2.24) is 10.6 Å². The molecule has 22 heavy (non-hydrogen) atoms. The number of alkyl carbamates (subject to hydrolysis) is 1. The van der Waals surface area contributed by atoms with Crippen LogP contribution in [0.1, 0.15) is 40.2 Å². The normalized spacial score (nSPS) is 12.1. The minimum absolute atomic E-state index is 0.312. The van der Waals surface area contributed by atoms with E-state index in [4.69, 9.17) is 16.3 Å². The molecule has 0 aliphatic carbocycles. The molecule has 6 heteroatoms. The van der Waals surface area contributed by atoms with Gasteiger partial charge in [0, 0.05) is 29.2 Å². The Bertz CT molecular complexity index is 527. The van der Waals surface area contributed by atoms with Gasteiger partial charge in [-0.15, -0.1) is 0 Å². The summed E-state index contributed by atoms with van der Waals surface area (Å²) in [6, 6.07) is 4.43. The van der Waals surface area contributed by atoms with E-state index in [2.05, 4.69) is 10.6 Å². The zero-order chi connectivity index (χ0) is 17.0. The number of hydrogen-bond acceptors (Lipinski definition) is 3. The van der Waals surface area contributed by atoms with Crippen molar-refractivity contribution in [2.24, 2.45) is 0 Å². The zero-order valence-electron chi connectivity index (χ0n) is 13.7. The smallest absolute Gasteiger partial charge is 0.407 e. The molecule has 0 atom stereocenters. The molecule has 1 rings (SSSR count). The van der Waals surface area contributed by atoms with Crippen LogP contribution in [0.3, 0.4) is 0 Å². The molecular weight excluding hydrogens is 307 g/mol. The second kappa shape index (κ2) is 7.29. The maximum atomic E-state index is 13.7. The number of benzene rings is 1. The second-order valence-electron chi connectivity index (χ2n) is 6.83. The van der Waals surface area contributed by atoms with E-state index in [1.165, 1.54) is 12.1 Å². The Morgan fingerprint density at radius 3 is 2.50 bits per heavy atom. The van der Waals surface area contributed by atoms with E-state index < -0.39 is 17.2 Å². The molecule has 1 aromatic carbocycles. The number of ether oxygens (including phenoxy) is 1. The molecule has 0 radical (unpaired) electrons. The standard InChI is InChI=1S/C16H24ClFN2O2/c1-15(2,3)22-14(21)19-10-16(4,5)20-9-11-8-12(17)6-7-13(11)18/h6-8,20H,9-10H2,1-5H3,(H,19,21). The molecule has 0 saturated heterocycles. The largest absolute Gasteiger partial charge is 0.444 e. The quantitative estimate of drug-likeness (QED) is 0.861. The number of halogens is 2. The summed E-state index contributed by atoms with van der Waals surface area (Å²) in [6.07, 6.45) is -0.476. The van der Waals surface area contributed by atoms with Crippen LogP contribution in [0, 0.1) is 5.82 Å². The third kappa shape index (κ3) is 7.09. The van der Waals surface area contributed by atoms with Crippen LogP contribution in [-0.2, 0) is 11.3 Å². The first-order chi connectivity index (χ1) is 9.98. The summed E-state index contributed by atoms with van der Waals surface area (Å²) >= 11 is 5.86. The molecule has 0 aliphatic rings. The van der Waals surface area contributed by atoms with Crippen LogP contribution in [0.5, 0.6) is 0 Å². The van der Waals surface area contributed by atoms with Gasteiger partial charge in [0.1, 0.15) is 11.4 Å². The fourth-order valence-corrected chi connectivity index (χ4v) is 1.88. The molecule has 0 aliphatic heterocycles. The highest BCUT2D eigenvalue weighted by Gasteiger charge is 2.21. The maximum absolute atomic E-state index is 13.7. The molecule has 0 bridgehead atoms. The lowest BCUT2D eigenvalue weighted by Gasteiger charge is -2.28. The molecule has 0 unspecified atom stereocenters. The maximum Gasteiger partial charge on any atom is 0.407 e. The molecule has 124 valence electrons. The van der Waals surface area contributed by atoms with Gasteiger partial charge in [-0.05, 0) is 52.8 Å². The van der Waals surface area contributed by atoms with Gasteiger partial charge in [0.15, 0.2) is 0 Å². The molecular formula is C16H24ClFN2O2. The van der Waals surface area contributed by atoms with E-state index >= 15 is 0 Å². The summed E-state index contributed by atoms with van der Waals surface area (Å²) in [5.41, 5.74) is -0.477. The van der Waals surface area contributed by atoms with E-state index in [0.29, 0.717) is 23.7 Å². The fraction of sp³-hybridized carbons (Fsp3) is 0.562. The summed E-state index contributed by atoms with van der Waals surface area (Å²) in [4.78, 5) is 11.6. The van der Waals surface area contributed by atoms with Crippen LogP contribution >= 0.6 is 11.6 Å². The molecule has 1 aromatic rings. The van der Waals surface area contributed by atoms with Crippen LogP contribution in [0.15, 0.2) is 18.2 Å². The Kier molecular flexibility index (Phi) is 6.20. The topological polar surface area (TPSA) is 50.4 Å². The number of hydrogen-bond donors (Lipinski definition) is 2. The van der Waals surface area contributed by atoms with Crippen molar-refractivity contribution >= 4 is 17.7 Å². The van der Waals surface area contributed by atoms with Crippen LogP contribution in [0.2, 0.25) is 5.02 Å².